The first-order valence-electron chi connectivity index (χ1n) is 9.64. The van der Waals surface area contributed by atoms with Gasteiger partial charge in [-0.05, 0) is 55.0 Å². The van der Waals surface area contributed by atoms with Crippen molar-refractivity contribution in [2.24, 2.45) is 5.92 Å². The highest BCUT2D eigenvalue weighted by molar-refractivity contribution is 7.89. The third-order valence-corrected chi connectivity index (χ3v) is 7.40. The van der Waals surface area contributed by atoms with Gasteiger partial charge in [0.05, 0.1) is 11.1 Å². The Labute approximate surface area is 170 Å². The molecule has 6 nitrogen and oxygen atoms in total. The first kappa shape index (κ1) is 19.7. The Kier molecular flexibility index (Phi) is 5.19. The molecule has 7 heteroatoms. The number of nitrogens with zero attached hydrogens (tertiary/aromatic N) is 2. The molecule has 0 spiro atoms. The summed E-state index contributed by atoms with van der Waals surface area (Å²) in [6.07, 6.45) is 3.16. The molecule has 1 unspecified atom stereocenters. The predicted molar refractivity (Wildman–Crippen MR) is 110 cm³/mol. The maximum atomic E-state index is 13.3. The van der Waals surface area contributed by atoms with Gasteiger partial charge in [-0.3, -0.25) is 0 Å². The van der Waals surface area contributed by atoms with E-state index >= 15 is 0 Å². The molecule has 4 rings (SSSR count). The van der Waals surface area contributed by atoms with Gasteiger partial charge < -0.3 is 9.52 Å². The van der Waals surface area contributed by atoms with Crippen molar-refractivity contribution >= 4 is 10.0 Å². The van der Waals surface area contributed by atoms with Gasteiger partial charge in [-0.2, -0.15) is 4.31 Å². The third kappa shape index (κ3) is 4.06. The Hall–Kier alpha value is -2.64. The summed E-state index contributed by atoms with van der Waals surface area (Å²) in [5, 5.41) is 9.65. The highest BCUT2D eigenvalue weighted by atomic mass is 32.2. The van der Waals surface area contributed by atoms with Crippen LogP contribution in [0.25, 0.3) is 11.3 Å². The fourth-order valence-corrected chi connectivity index (χ4v) is 5.65. The van der Waals surface area contributed by atoms with E-state index in [-0.39, 0.29) is 11.7 Å². The van der Waals surface area contributed by atoms with Crippen molar-refractivity contribution in [2.45, 2.75) is 31.6 Å². The van der Waals surface area contributed by atoms with Crippen molar-refractivity contribution in [1.29, 1.82) is 0 Å². The molecule has 1 saturated heterocycles. The second-order valence-electron chi connectivity index (χ2n) is 7.62. The van der Waals surface area contributed by atoms with Gasteiger partial charge in [0.2, 0.25) is 10.0 Å². The lowest BCUT2D eigenvalue weighted by Crippen LogP contribution is -2.29. The molecule has 0 amide bonds. The SMILES string of the molecule is Cc1ncc(-c2ccc(C)c(S(=O)(=O)N3CCC(Cc4cccc(O)c4)C3)c2)o1. The highest BCUT2D eigenvalue weighted by Crippen LogP contribution is 2.31. The molecule has 0 radical (unpaired) electrons. The van der Waals surface area contributed by atoms with Crippen LogP contribution in [0.3, 0.4) is 0 Å². The molecule has 0 saturated carbocycles. The number of phenolic OH excluding ortho intramolecular Hbond substituents is 1. The lowest BCUT2D eigenvalue weighted by atomic mass is 9.99. The first-order chi connectivity index (χ1) is 13.8. The Morgan fingerprint density at radius 3 is 2.76 bits per heavy atom. The molecule has 1 aliphatic heterocycles. The van der Waals surface area contributed by atoms with Crippen LogP contribution < -0.4 is 0 Å². The van der Waals surface area contributed by atoms with E-state index in [2.05, 4.69) is 4.98 Å². The van der Waals surface area contributed by atoms with Crippen LogP contribution in [0.4, 0.5) is 0 Å². The lowest BCUT2D eigenvalue weighted by Gasteiger charge is -2.19. The van der Waals surface area contributed by atoms with E-state index in [0.717, 1.165) is 18.4 Å². The maximum absolute atomic E-state index is 13.3. The van der Waals surface area contributed by atoms with Crippen LogP contribution >= 0.6 is 0 Å². The number of sulfonamides is 1. The Morgan fingerprint density at radius 1 is 1.21 bits per heavy atom. The zero-order chi connectivity index (χ0) is 20.6. The van der Waals surface area contributed by atoms with Gasteiger partial charge in [0.1, 0.15) is 5.75 Å². The second kappa shape index (κ2) is 7.65. The first-order valence-corrected chi connectivity index (χ1v) is 11.1. The second-order valence-corrected chi connectivity index (χ2v) is 9.52. The smallest absolute Gasteiger partial charge is 0.243 e. The number of aryl methyl sites for hydroxylation is 2. The number of rotatable bonds is 5. The minimum atomic E-state index is -3.60. The van der Waals surface area contributed by atoms with Crippen LogP contribution in [-0.2, 0) is 16.4 Å². The number of hydrogen-bond acceptors (Lipinski definition) is 5. The van der Waals surface area contributed by atoms with Crippen molar-refractivity contribution in [1.82, 2.24) is 9.29 Å². The van der Waals surface area contributed by atoms with Gasteiger partial charge in [-0.25, -0.2) is 13.4 Å². The van der Waals surface area contributed by atoms with Crippen molar-refractivity contribution in [3.8, 4) is 17.1 Å². The van der Waals surface area contributed by atoms with Gasteiger partial charge >= 0.3 is 0 Å². The normalized spacial score (nSPS) is 17.7. The van der Waals surface area contributed by atoms with E-state index in [9.17, 15) is 13.5 Å². The van der Waals surface area contributed by atoms with Crippen molar-refractivity contribution < 1.29 is 17.9 Å². The molecule has 1 aliphatic rings. The van der Waals surface area contributed by atoms with E-state index in [1.807, 2.05) is 25.1 Å². The van der Waals surface area contributed by atoms with Crippen LogP contribution in [0.15, 0.2) is 58.0 Å². The molecule has 0 bridgehead atoms. The molecule has 3 aromatic rings. The molecule has 2 heterocycles. The molecule has 1 aromatic heterocycles. The average molecular weight is 413 g/mol. The predicted octanol–water partition coefficient (Wildman–Crippen LogP) is 3.92. The standard InChI is InChI=1S/C22H24N2O4S/c1-15-6-7-19(21-13-23-16(2)28-21)12-22(15)29(26,27)24-9-8-18(14-24)10-17-4-3-5-20(25)11-17/h3-7,11-13,18,25H,8-10,14H2,1-2H3. The monoisotopic (exact) mass is 412 g/mol. The van der Waals surface area contributed by atoms with Gasteiger partial charge in [0, 0.05) is 25.6 Å². The van der Waals surface area contributed by atoms with Gasteiger partial charge in [0.25, 0.3) is 0 Å². The topological polar surface area (TPSA) is 83.6 Å². The van der Waals surface area contributed by atoms with Crippen LogP contribution in [0, 0.1) is 19.8 Å². The number of oxazole rings is 1. The molecule has 1 fully saturated rings. The summed E-state index contributed by atoms with van der Waals surface area (Å²) in [5.41, 5.74) is 2.43. The summed E-state index contributed by atoms with van der Waals surface area (Å²) in [6, 6.07) is 12.5. The number of hydrogen-bond donors (Lipinski definition) is 1. The van der Waals surface area contributed by atoms with E-state index < -0.39 is 10.0 Å². The maximum Gasteiger partial charge on any atom is 0.243 e. The minimum Gasteiger partial charge on any atom is -0.508 e. The largest absolute Gasteiger partial charge is 0.508 e. The number of phenols is 1. The Balaban J connectivity index is 1.56. The molecule has 152 valence electrons. The van der Waals surface area contributed by atoms with Gasteiger partial charge in [-0.1, -0.05) is 24.3 Å². The van der Waals surface area contributed by atoms with Crippen LogP contribution in [0.2, 0.25) is 0 Å². The fourth-order valence-electron chi connectivity index (χ4n) is 3.86. The summed E-state index contributed by atoms with van der Waals surface area (Å²) in [7, 11) is -3.60. The number of aromatic nitrogens is 1. The van der Waals surface area contributed by atoms with E-state index in [1.54, 1.807) is 41.7 Å². The molecular weight excluding hydrogens is 388 g/mol. The van der Waals surface area contributed by atoms with Crippen molar-refractivity contribution in [2.75, 3.05) is 13.1 Å². The van der Waals surface area contributed by atoms with Crippen LogP contribution in [-0.4, -0.2) is 35.9 Å². The zero-order valence-electron chi connectivity index (χ0n) is 16.5. The number of benzene rings is 2. The number of aromatic hydroxyl groups is 1. The van der Waals surface area contributed by atoms with Crippen LogP contribution in [0.1, 0.15) is 23.4 Å². The summed E-state index contributed by atoms with van der Waals surface area (Å²) in [5.74, 6) is 1.56. The lowest BCUT2D eigenvalue weighted by molar-refractivity contribution is 0.453. The van der Waals surface area contributed by atoms with Crippen molar-refractivity contribution in [3.05, 3.63) is 65.7 Å². The van der Waals surface area contributed by atoms with E-state index in [4.69, 9.17) is 4.42 Å². The molecule has 2 aromatic carbocycles. The molecule has 0 aliphatic carbocycles. The molecular formula is C22H24N2O4S. The van der Waals surface area contributed by atoms with Gasteiger partial charge in [-0.15, -0.1) is 0 Å². The van der Waals surface area contributed by atoms with E-state index in [0.29, 0.717) is 40.8 Å². The molecule has 1 N–H and O–H groups in total. The zero-order valence-corrected chi connectivity index (χ0v) is 17.3. The molecule has 1 atom stereocenters. The summed E-state index contributed by atoms with van der Waals surface area (Å²) < 4.78 is 33.8. The van der Waals surface area contributed by atoms with Crippen molar-refractivity contribution in [3.63, 3.8) is 0 Å². The summed E-state index contributed by atoms with van der Waals surface area (Å²) in [6.45, 7) is 4.54. The van der Waals surface area contributed by atoms with Crippen LogP contribution in [0.5, 0.6) is 5.75 Å². The minimum absolute atomic E-state index is 0.229. The Morgan fingerprint density at radius 2 is 2.03 bits per heavy atom. The molecule has 29 heavy (non-hydrogen) atoms. The summed E-state index contributed by atoms with van der Waals surface area (Å²) >= 11 is 0. The van der Waals surface area contributed by atoms with E-state index in [1.165, 1.54) is 0 Å². The highest BCUT2D eigenvalue weighted by Gasteiger charge is 2.33. The third-order valence-electron chi connectivity index (χ3n) is 5.40. The average Bonchev–Trinajstić information content (AvgIpc) is 3.31. The fraction of sp³-hybridized carbons (Fsp3) is 0.318. The van der Waals surface area contributed by atoms with Gasteiger partial charge in [0.15, 0.2) is 11.7 Å². The summed E-state index contributed by atoms with van der Waals surface area (Å²) in [4.78, 5) is 4.40. The Bertz CT molecular complexity index is 1140. The quantitative estimate of drug-likeness (QED) is 0.687.